The monoisotopic (exact) mass is 376 g/mol. The number of aryl methyl sites for hydroxylation is 2. The van der Waals surface area contributed by atoms with Crippen molar-refractivity contribution < 1.29 is 14.3 Å². The van der Waals surface area contributed by atoms with Gasteiger partial charge in [-0.3, -0.25) is 14.4 Å². The summed E-state index contributed by atoms with van der Waals surface area (Å²) in [6, 6.07) is 0. The lowest BCUT2D eigenvalue weighted by atomic mass is 9.76. The first-order valence-corrected chi connectivity index (χ1v) is 9.40. The Morgan fingerprint density at radius 2 is 1.96 bits per heavy atom. The third kappa shape index (κ3) is 4.05. The van der Waals surface area contributed by atoms with Crippen LogP contribution in [0.15, 0.2) is 4.79 Å². The molecule has 1 unspecified atom stereocenters. The van der Waals surface area contributed by atoms with Crippen LogP contribution in [0.5, 0.6) is 0 Å². The van der Waals surface area contributed by atoms with E-state index < -0.39 is 5.41 Å². The number of amides is 1. The van der Waals surface area contributed by atoms with Gasteiger partial charge >= 0.3 is 5.97 Å². The molecule has 3 heterocycles. The van der Waals surface area contributed by atoms with Crippen molar-refractivity contribution in [3.63, 3.8) is 0 Å². The predicted molar refractivity (Wildman–Crippen MR) is 99.3 cm³/mol. The van der Waals surface area contributed by atoms with E-state index in [2.05, 4.69) is 9.97 Å². The van der Waals surface area contributed by atoms with Gasteiger partial charge in [-0.1, -0.05) is 0 Å². The zero-order chi connectivity index (χ0) is 19.8. The highest BCUT2D eigenvalue weighted by Crippen LogP contribution is 2.43. The van der Waals surface area contributed by atoms with Crippen molar-refractivity contribution in [1.82, 2.24) is 19.8 Å². The van der Waals surface area contributed by atoms with Gasteiger partial charge in [0, 0.05) is 37.3 Å². The molecule has 2 fully saturated rings. The van der Waals surface area contributed by atoms with Crippen LogP contribution in [0, 0.1) is 19.3 Å². The van der Waals surface area contributed by atoms with Gasteiger partial charge in [0.15, 0.2) is 0 Å². The third-order valence-corrected chi connectivity index (χ3v) is 5.64. The zero-order valence-electron chi connectivity index (χ0n) is 16.5. The summed E-state index contributed by atoms with van der Waals surface area (Å²) < 4.78 is 5.56. The minimum Gasteiger partial charge on any atom is -0.461 e. The molecule has 8 heteroatoms. The molecule has 1 N–H and O–H groups in total. The van der Waals surface area contributed by atoms with E-state index in [0.717, 1.165) is 6.54 Å². The minimum atomic E-state index is -0.462. The molecule has 1 aromatic rings. The average Bonchev–Trinajstić information content (AvgIpc) is 2.85. The van der Waals surface area contributed by atoms with Gasteiger partial charge < -0.3 is 19.5 Å². The number of rotatable bonds is 4. The fourth-order valence-corrected chi connectivity index (χ4v) is 4.16. The van der Waals surface area contributed by atoms with Crippen LogP contribution >= 0.6 is 0 Å². The molecular weight excluding hydrogens is 348 g/mol. The van der Waals surface area contributed by atoms with Crippen molar-refractivity contribution in [3.05, 3.63) is 27.4 Å². The van der Waals surface area contributed by atoms with Crippen LogP contribution in [0.25, 0.3) is 0 Å². The average molecular weight is 376 g/mol. The molecule has 0 aromatic carbocycles. The fraction of sp³-hybridized carbons (Fsp3) is 0.684. The van der Waals surface area contributed by atoms with Crippen LogP contribution < -0.4 is 5.56 Å². The Morgan fingerprint density at radius 3 is 2.56 bits per heavy atom. The maximum absolute atomic E-state index is 12.7. The molecule has 0 radical (unpaired) electrons. The highest BCUT2D eigenvalue weighted by Gasteiger charge is 2.50. The summed E-state index contributed by atoms with van der Waals surface area (Å²) in [4.78, 5) is 47.9. The van der Waals surface area contributed by atoms with Gasteiger partial charge in [-0.2, -0.15) is 0 Å². The molecule has 2 aliphatic heterocycles. The van der Waals surface area contributed by atoms with Crippen LogP contribution in [0.1, 0.15) is 36.3 Å². The van der Waals surface area contributed by atoms with E-state index in [9.17, 15) is 14.4 Å². The Balaban J connectivity index is 1.62. The summed E-state index contributed by atoms with van der Waals surface area (Å²) in [6.45, 7) is 5.21. The highest BCUT2D eigenvalue weighted by atomic mass is 16.6. The molecule has 2 aliphatic rings. The van der Waals surface area contributed by atoms with Crippen molar-refractivity contribution >= 4 is 11.9 Å². The number of hydrogen-bond acceptors (Lipinski definition) is 6. The number of nitrogens with one attached hydrogen (secondary N) is 1. The number of aromatic nitrogens is 2. The molecule has 148 valence electrons. The SMILES string of the molecule is Cc1nc(C)c(CC(=O)N2CCC3(CC2)CC(CN(C)C)OC3=O)c(=O)[nH]1. The lowest BCUT2D eigenvalue weighted by molar-refractivity contribution is -0.152. The molecule has 2 saturated heterocycles. The molecular formula is C19H28N4O4. The smallest absolute Gasteiger partial charge is 0.312 e. The Hall–Kier alpha value is -2.22. The molecule has 0 saturated carbocycles. The maximum Gasteiger partial charge on any atom is 0.312 e. The highest BCUT2D eigenvalue weighted by molar-refractivity contribution is 5.81. The van der Waals surface area contributed by atoms with Gasteiger partial charge in [-0.15, -0.1) is 0 Å². The van der Waals surface area contributed by atoms with Crippen LogP contribution in [0.3, 0.4) is 0 Å². The fourth-order valence-electron chi connectivity index (χ4n) is 4.16. The lowest BCUT2D eigenvalue weighted by Gasteiger charge is -2.36. The number of aromatic amines is 1. The molecule has 3 rings (SSSR count). The maximum atomic E-state index is 12.7. The summed E-state index contributed by atoms with van der Waals surface area (Å²) in [7, 11) is 3.92. The first kappa shape index (κ1) is 19.5. The molecule has 0 aliphatic carbocycles. The summed E-state index contributed by atoms with van der Waals surface area (Å²) in [5.41, 5.74) is 0.282. The second kappa shape index (κ2) is 7.42. The van der Waals surface area contributed by atoms with Crippen LogP contribution in [0.4, 0.5) is 0 Å². The van der Waals surface area contributed by atoms with Crippen molar-refractivity contribution in [3.8, 4) is 0 Å². The number of ether oxygens (including phenoxy) is 1. The Bertz CT molecular complexity index is 793. The largest absolute Gasteiger partial charge is 0.461 e. The third-order valence-electron chi connectivity index (χ3n) is 5.64. The van der Waals surface area contributed by atoms with Gasteiger partial charge in [0.2, 0.25) is 5.91 Å². The summed E-state index contributed by atoms with van der Waals surface area (Å²) >= 11 is 0. The van der Waals surface area contributed by atoms with Gasteiger partial charge in [0.05, 0.1) is 11.8 Å². The van der Waals surface area contributed by atoms with Crippen LogP contribution in [-0.2, 0) is 20.7 Å². The van der Waals surface area contributed by atoms with Gasteiger partial charge in [0.1, 0.15) is 11.9 Å². The topological polar surface area (TPSA) is 95.6 Å². The van der Waals surface area contributed by atoms with Gasteiger partial charge in [0.25, 0.3) is 5.56 Å². The number of cyclic esters (lactones) is 1. The molecule has 1 aromatic heterocycles. The van der Waals surface area contributed by atoms with Crippen molar-refractivity contribution in [2.45, 2.75) is 45.6 Å². The van der Waals surface area contributed by atoms with E-state index in [1.807, 2.05) is 19.0 Å². The molecule has 1 amide bonds. The standard InChI is InChI=1S/C19H28N4O4/c1-12-15(17(25)21-13(2)20-12)9-16(24)23-7-5-19(6-8-23)10-14(11-22(3)4)27-18(19)26/h14H,5-11H2,1-4H3,(H,20,21,25). The van der Waals surface area contributed by atoms with E-state index in [1.54, 1.807) is 18.7 Å². The van der Waals surface area contributed by atoms with E-state index in [0.29, 0.717) is 49.4 Å². The van der Waals surface area contributed by atoms with Crippen molar-refractivity contribution in [2.24, 2.45) is 5.41 Å². The van der Waals surface area contributed by atoms with E-state index in [-0.39, 0.29) is 30.0 Å². The van der Waals surface area contributed by atoms with Gasteiger partial charge in [-0.05, 0) is 40.8 Å². The predicted octanol–water partition coefficient (Wildman–Crippen LogP) is 0.415. The van der Waals surface area contributed by atoms with E-state index in [4.69, 9.17) is 4.74 Å². The Morgan fingerprint density at radius 1 is 1.30 bits per heavy atom. The number of likely N-dealkylation sites (tertiary alicyclic amines) is 1. The van der Waals surface area contributed by atoms with Gasteiger partial charge in [-0.25, -0.2) is 4.98 Å². The summed E-state index contributed by atoms with van der Waals surface area (Å²) in [5.74, 6) is 0.317. The van der Waals surface area contributed by atoms with Crippen LogP contribution in [-0.4, -0.2) is 71.5 Å². The quantitative estimate of drug-likeness (QED) is 0.765. The normalized spacial score (nSPS) is 21.7. The zero-order valence-corrected chi connectivity index (χ0v) is 16.5. The molecule has 1 spiro atoms. The second-order valence-electron chi connectivity index (χ2n) is 8.05. The Kier molecular flexibility index (Phi) is 5.37. The lowest BCUT2D eigenvalue weighted by Crippen LogP contribution is -2.46. The van der Waals surface area contributed by atoms with E-state index in [1.165, 1.54) is 0 Å². The summed E-state index contributed by atoms with van der Waals surface area (Å²) in [6.07, 6.45) is 1.91. The molecule has 0 bridgehead atoms. The number of likely N-dealkylation sites (N-methyl/N-ethyl adjacent to an activating group) is 1. The first-order valence-electron chi connectivity index (χ1n) is 9.40. The molecule has 8 nitrogen and oxygen atoms in total. The summed E-state index contributed by atoms with van der Waals surface area (Å²) in [5, 5.41) is 0. The molecule has 27 heavy (non-hydrogen) atoms. The molecule has 1 atom stereocenters. The number of piperidine rings is 1. The number of nitrogens with zero attached hydrogens (tertiary/aromatic N) is 3. The first-order chi connectivity index (χ1) is 12.7. The number of esters is 1. The van der Waals surface area contributed by atoms with Crippen molar-refractivity contribution in [1.29, 1.82) is 0 Å². The minimum absolute atomic E-state index is 0.0369. The number of carbonyl (C=O) groups excluding carboxylic acids is 2. The number of H-pyrrole nitrogens is 1. The number of carbonyl (C=O) groups is 2. The van der Waals surface area contributed by atoms with Crippen molar-refractivity contribution in [2.75, 3.05) is 33.7 Å². The Labute approximate surface area is 158 Å². The van der Waals surface area contributed by atoms with E-state index >= 15 is 0 Å². The second-order valence-corrected chi connectivity index (χ2v) is 8.05. The van der Waals surface area contributed by atoms with Crippen LogP contribution in [0.2, 0.25) is 0 Å². The number of hydrogen-bond donors (Lipinski definition) is 1.